The van der Waals surface area contributed by atoms with Crippen molar-refractivity contribution >= 4 is 18.0 Å². The lowest BCUT2D eigenvalue weighted by molar-refractivity contribution is 0.716. The lowest BCUT2D eigenvalue weighted by Gasteiger charge is -2.14. The molecule has 27 heavy (non-hydrogen) atoms. The number of unbranched alkanes of at least 4 members (excludes halogenated alkanes) is 2. The third-order valence-corrected chi connectivity index (χ3v) is 5.15. The highest BCUT2D eigenvalue weighted by molar-refractivity contribution is 8.00. The first-order chi connectivity index (χ1) is 13.1. The number of hydrogen-bond acceptors (Lipinski definition) is 2. The zero-order valence-electron chi connectivity index (χ0n) is 17.6. The quantitative estimate of drug-likeness (QED) is 0.371. The first-order valence-corrected chi connectivity index (χ1v) is 10.7. The minimum Gasteiger partial charge on any atom is -0.264 e. The molecule has 0 saturated carbocycles. The fraction of sp³-hybridized carbons (Fsp3) is 0.360. The third kappa shape index (κ3) is 7.78. The smallest absolute Gasteiger partial charge is 0.00533 e. The number of nitrogens with one attached hydrogen (secondary N) is 1. The molecule has 0 aromatic heterocycles. The Morgan fingerprint density at radius 2 is 1.89 bits per heavy atom. The van der Waals surface area contributed by atoms with Crippen LogP contribution in [0.3, 0.4) is 0 Å². The van der Waals surface area contributed by atoms with E-state index in [1.54, 1.807) is 11.9 Å². The highest BCUT2D eigenvalue weighted by atomic mass is 32.2. The molecule has 0 saturated heterocycles. The normalized spacial score (nSPS) is 10.6. The Morgan fingerprint density at radius 3 is 2.44 bits per heavy atom. The van der Waals surface area contributed by atoms with Crippen molar-refractivity contribution in [2.45, 2.75) is 53.4 Å². The van der Waals surface area contributed by atoms with Crippen LogP contribution in [-0.4, -0.2) is 7.05 Å². The van der Waals surface area contributed by atoms with Gasteiger partial charge in [0.1, 0.15) is 0 Å². The standard InChI is InChI=1S/C21H26.C4H9NS/c1-5-7-8-11-18-13-14-21(17(4)20(18)6-2)19-12-9-10-16(3)15-19;1-3-4-6-5-2/h6,9-10,12-15H,2,5,7-8,11H2,1,3-4H3;3-5H,1-2H3/b;4-3+. The molecule has 2 aromatic carbocycles. The van der Waals surface area contributed by atoms with Crippen molar-refractivity contribution in [1.29, 1.82) is 0 Å². The van der Waals surface area contributed by atoms with E-state index in [2.05, 4.69) is 68.5 Å². The van der Waals surface area contributed by atoms with Gasteiger partial charge in [0, 0.05) is 0 Å². The van der Waals surface area contributed by atoms with E-state index < -0.39 is 0 Å². The Bertz CT molecular complexity index is 731. The van der Waals surface area contributed by atoms with Crippen LogP contribution in [0, 0.1) is 13.8 Å². The van der Waals surface area contributed by atoms with Crippen LogP contribution in [0.15, 0.2) is 54.5 Å². The highest BCUT2D eigenvalue weighted by Crippen LogP contribution is 2.30. The molecule has 0 amide bonds. The van der Waals surface area contributed by atoms with Gasteiger partial charge in [-0.25, -0.2) is 0 Å². The van der Waals surface area contributed by atoms with Crippen molar-refractivity contribution in [3.05, 3.63) is 76.7 Å². The summed E-state index contributed by atoms with van der Waals surface area (Å²) in [5.41, 5.74) is 8.05. The van der Waals surface area contributed by atoms with Gasteiger partial charge in [-0.05, 0) is 73.9 Å². The number of rotatable bonds is 8. The van der Waals surface area contributed by atoms with Crippen molar-refractivity contribution in [3.63, 3.8) is 0 Å². The lowest BCUT2D eigenvalue weighted by atomic mass is 9.90. The maximum absolute atomic E-state index is 4.03. The summed E-state index contributed by atoms with van der Waals surface area (Å²) in [5, 5.41) is 1.99. The SMILES string of the molecule is C/C=C/SNC.C=Cc1c(CCCCC)ccc(-c2cccc(C)c2)c1C. The zero-order valence-corrected chi connectivity index (χ0v) is 18.5. The van der Waals surface area contributed by atoms with Gasteiger partial charge in [0.15, 0.2) is 0 Å². The predicted molar refractivity (Wildman–Crippen MR) is 126 cm³/mol. The third-order valence-electron chi connectivity index (χ3n) is 4.51. The topological polar surface area (TPSA) is 12.0 Å². The average Bonchev–Trinajstić information content (AvgIpc) is 2.67. The highest BCUT2D eigenvalue weighted by Gasteiger charge is 2.09. The van der Waals surface area contributed by atoms with E-state index in [-0.39, 0.29) is 0 Å². The summed E-state index contributed by atoms with van der Waals surface area (Å²) in [7, 11) is 1.89. The van der Waals surface area contributed by atoms with Crippen LogP contribution in [-0.2, 0) is 6.42 Å². The van der Waals surface area contributed by atoms with Gasteiger partial charge < -0.3 is 0 Å². The molecule has 0 aliphatic heterocycles. The van der Waals surface area contributed by atoms with Crippen molar-refractivity contribution in [2.75, 3.05) is 7.05 Å². The Hall–Kier alpha value is -1.77. The molecule has 0 spiro atoms. The van der Waals surface area contributed by atoms with Crippen LogP contribution in [0.4, 0.5) is 0 Å². The van der Waals surface area contributed by atoms with E-state index in [1.807, 2.05) is 31.5 Å². The van der Waals surface area contributed by atoms with E-state index in [0.717, 1.165) is 6.42 Å². The molecule has 146 valence electrons. The van der Waals surface area contributed by atoms with Crippen molar-refractivity contribution in [3.8, 4) is 11.1 Å². The number of benzene rings is 2. The zero-order chi connectivity index (χ0) is 20.1. The first-order valence-electron chi connectivity index (χ1n) is 9.84. The van der Waals surface area contributed by atoms with E-state index in [4.69, 9.17) is 0 Å². The molecule has 0 radical (unpaired) electrons. The molecule has 0 atom stereocenters. The summed E-state index contributed by atoms with van der Waals surface area (Å²) in [6, 6.07) is 13.3. The number of aryl methyl sites for hydroxylation is 2. The minimum atomic E-state index is 1.16. The molecule has 0 unspecified atom stereocenters. The van der Waals surface area contributed by atoms with Crippen molar-refractivity contribution in [2.24, 2.45) is 0 Å². The first kappa shape index (κ1) is 23.3. The molecule has 2 aromatic rings. The Labute approximate surface area is 171 Å². The Morgan fingerprint density at radius 1 is 1.11 bits per heavy atom. The van der Waals surface area contributed by atoms with Gasteiger partial charge in [-0.1, -0.05) is 92.4 Å². The molecule has 1 nitrogen and oxygen atoms in total. The summed E-state index contributed by atoms with van der Waals surface area (Å²) < 4.78 is 2.90. The molecule has 2 rings (SSSR count). The molecule has 1 N–H and O–H groups in total. The summed E-state index contributed by atoms with van der Waals surface area (Å²) >= 11 is 1.58. The molecule has 0 bridgehead atoms. The molecular weight excluding hydrogens is 346 g/mol. The monoisotopic (exact) mass is 381 g/mol. The van der Waals surface area contributed by atoms with Crippen molar-refractivity contribution in [1.82, 2.24) is 4.72 Å². The van der Waals surface area contributed by atoms with Gasteiger partial charge in [0.05, 0.1) is 0 Å². The predicted octanol–water partition coefficient (Wildman–Crippen LogP) is 7.73. The van der Waals surface area contributed by atoms with E-state index >= 15 is 0 Å². The van der Waals surface area contributed by atoms with E-state index in [9.17, 15) is 0 Å². The molecular formula is C25H35NS. The van der Waals surface area contributed by atoms with Crippen LogP contribution in [0.1, 0.15) is 55.4 Å². The molecule has 0 aliphatic carbocycles. The van der Waals surface area contributed by atoms with Gasteiger partial charge in [-0.3, -0.25) is 4.72 Å². The molecule has 0 heterocycles. The van der Waals surface area contributed by atoms with Gasteiger partial charge in [-0.2, -0.15) is 0 Å². The van der Waals surface area contributed by atoms with Gasteiger partial charge in [0.25, 0.3) is 0 Å². The van der Waals surface area contributed by atoms with Gasteiger partial charge >= 0.3 is 0 Å². The van der Waals surface area contributed by atoms with Crippen LogP contribution in [0.25, 0.3) is 17.2 Å². The van der Waals surface area contributed by atoms with Crippen LogP contribution in [0.2, 0.25) is 0 Å². The maximum atomic E-state index is 4.03. The molecule has 0 fully saturated rings. The minimum absolute atomic E-state index is 1.16. The van der Waals surface area contributed by atoms with E-state index in [0.29, 0.717) is 0 Å². The summed E-state index contributed by atoms with van der Waals surface area (Å²) in [4.78, 5) is 0. The second-order valence-corrected chi connectivity index (χ2v) is 7.55. The second-order valence-electron chi connectivity index (χ2n) is 6.63. The Balaban J connectivity index is 0.000000527. The fourth-order valence-electron chi connectivity index (χ4n) is 3.11. The van der Waals surface area contributed by atoms with Crippen molar-refractivity contribution < 1.29 is 0 Å². The Kier molecular flexibility index (Phi) is 11.6. The molecule has 2 heteroatoms. The lowest BCUT2D eigenvalue weighted by Crippen LogP contribution is -1.96. The summed E-state index contributed by atoms with van der Waals surface area (Å²) in [6.45, 7) is 12.6. The van der Waals surface area contributed by atoms with Gasteiger partial charge in [-0.15, -0.1) is 0 Å². The van der Waals surface area contributed by atoms with Crippen LogP contribution < -0.4 is 4.72 Å². The molecule has 0 aliphatic rings. The van der Waals surface area contributed by atoms with Crippen LogP contribution >= 0.6 is 11.9 Å². The summed E-state index contributed by atoms with van der Waals surface area (Å²) in [5.74, 6) is 0. The fourth-order valence-corrected chi connectivity index (χ4v) is 3.39. The average molecular weight is 382 g/mol. The summed E-state index contributed by atoms with van der Waals surface area (Å²) in [6.07, 6.45) is 9.00. The second kappa shape index (κ2) is 13.4. The number of hydrogen-bond donors (Lipinski definition) is 1. The van der Waals surface area contributed by atoms with Gasteiger partial charge in [0.2, 0.25) is 0 Å². The maximum Gasteiger partial charge on any atom is -0.00533 e. The van der Waals surface area contributed by atoms with E-state index in [1.165, 1.54) is 52.6 Å². The number of allylic oxidation sites excluding steroid dienone is 1. The largest absolute Gasteiger partial charge is 0.264 e. The van der Waals surface area contributed by atoms with Crippen LogP contribution in [0.5, 0.6) is 0 Å².